The van der Waals surface area contributed by atoms with Crippen LogP contribution >= 0.6 is 0 Å². The normalized spacial score (nSPS) is 13.4. The summed E-state index contributed by atoms with van der Waals surface area (Å²) in [7, 11) is -3.96. The molecule has 1 aliphatic rings. The van der Waals surface area contributed by atoms with E-state index in [0.29, 0.717) is 71.1 Å². The van der Waals surface area contributed by atoms with E-state index in [1.807, 2.05) is 61.5 Å². The summed E-state index contributed by atoms with van der Waals surface area (Å²) >= 11 is 0. The van der Waals surface area contributed by atoms with Gasteiger partial charge in [0, 0.05) is 47.7 Å². The van der Waals surface area contributed by atoms with E-state index in [1.54, 1.807) is 52.9 Å². The molecule has 1 aliphatic heterocycles. The Morgan fingerprint density at radius 2 is 1.68 bits per heavy atom. The van der Waals surface area contributed by atoms with Crippen molar-refractivity contribution in [1.29, 1.82) is 0 Å². The van der Waals surface area contributed by atoms with Crippen molar-refractivity contribution in [3.8, 4) is 28.1 Å². The number of rotatable bonds is 11. The summed E-state index contributed by atoms with van der Waals surface area (Å²) in [5.41, 5.74) is 4.79. The second kappa shape index (κ2) is 14.6. The number of hydrogen-bond acceptors (Lipinski definition) is 8. The minimum atomic E-state index is -3.96. The second-order valence-corrected chi connectivity index (χ2v) is 14.9. The number of aromatic nitrogens is 4. The third-order valence-electron chi connectivity index (χ3n) is 9.45. The molecule has 1 fully saturated rings. The standard InChI is InChI=1S/C39H38FN7O5S/c1-4-34(48)36-32-24-31(33(46(18-17-40)53(3,50)51)25-35(32)52-37(36)27-15-13-26(2)14-16-27)28-9-8-10-29(23-28)38(49)44-19-21-45(22-20-44)39-41-42-43-47(39)30-11-6-5-7-12-30/h5-16,23-25H,4,17-22H2,1-3H3/p+1. The number of ketones is 1. The first-order valence-corrected chi connectivity index (χ1v) is 19.2. The number of alkyl halides is 1. The van der Waals surface area contributed by atoms with Crippen molar-refractivity contribution in [3.63, 3.8) is 0 Å². The van der Waals surface area contributed by atoms with Crippen molar-refractivity contribution in [2.45, 2.75) is 20.3 Å². The summed E-state index contributed by atoms with van der Waals surface area (Å²) in [5.74, 6) is 0.669. The fraction of sp³-hybridized carbons (Fsp3) is 0.256. The molecule has 14 heteroatoms. The molecular weight excluding hydrogens is 698 g/mol. The zero-order valence-electron chi connectivity index (χ0n) is 29.6. The van der Waals surface area contributed by atoms with E-state index >= 15 is 0 Å². The molecule has 1 amide bonds. The number of carbonyl (C=O) groups excluding carboxylic acids is 2. The molecule has 0 saturated carbocycles. The predicted octanol–water partition coefficient (Wildman–Crippen LogP) is 5.76. The number of furan rings is 1. The van der Waals surface area contributed by atoms with Crippen LogP contribution in [-0.4, -0.2) is 86.2 Å². The number of amides is 1. The molecule has 0 atom stereocenters. The SMILES string of the molecule is CCC(=O)c1c(-c2ccc(C)cc2)oc2cc(N(CCF)S(C)(=O)=O)c(-c3cccc(C(=O)N4CCN(c5nn[nH][n+]5-c5ccccc5)CC4)c3)cc12. The Morgan fingerprint density at radius 1 is 0.943 bits per heavy atom. The number of piperazine rings is 1. The Hall–Kier alpha value is -5.89. The lowest BCUT2D eigenvalue weighted by molar-refractivity contribution is -0.648. The number of aromatic amines is 1. The van der Waals surface area contributed by atoms with E-state index in [4.69, 9.17) is 4.42 Å². The van der Waals surface area contributed by atoms with Gasteiger partial charge in [-0.1, -0.05) is 72.3 Å². The van der Waals surface area contributed by atoms with Crippen molar-refractivity contribution >= 4 is 44.3 Å². The van der Waals surface area contributed by atoms with Crippen LogP contribution in [0.4, 0.5) is 16.0 Å². The molecule has 0 spiro atoms. The highest BCUT2D eigenvalue weighted by Crippen LogP contribution is 2.42. The van der Waals surface area contributed by atoms with E-state index in [0.717, 1.165) is 21.8 Å². The molecule has 53 heavy (non-hydrogen) atoms. The average Bonchev–Trinajstić information content (AvgIpc) is 3.82. The molecular formula is C39H39FN7O5S+. The molecule has 0 unspecified atom stereocenters. The molecule has 4 aromatic carbocycles. The summed E-state index contributed by atoms with van der Waals surface area (Å²) in [6.07, 6.45) is 1.23. The quantitative estimate of drug-likeness (QED) is 0.131. The summed E-state index contributed by atoms with van der Waals surface area (Å²) in [4.78, 5) is 31.3. The number of Topliss-reactive ketones (excluding diaryl/α,β-unsaturated/α-hetero) is 1. The van der Waals surface area contributed by atoms with Gasteiger partial charge >= 0.3 is 5.95 Å². The van der Waals surface area contributed by atoms with Gasteiger partial charge in [-0.05, 0) is 42.8 Å². The van der Waals surface area contributed by atoms with Crippen molar-refractivity contribution in [1.82, 2.24) is 20.4 Å². The number of tetrazole rings is 1. The summed E-state index contributed by atoms with van der Waals surface area (Å²) in [6, 6.07) is 27.5. The Morgan fingerprint density at radius 3 is 2.36 bits per heavy atom. The first-order valence-electron chi connectivity index (χ1n) is 17.3. The zero-order chi connectivity index (χ0) is 37.3. The lowest BCUT2D eigenvalue weighted by Gasteiger charge is -2.31. The Balaban J connectivity index is 1.26. The van der Waals surface area contributed by atoms with Crippen LogP contribution < -0.4 is 13.9 Å². The van der Waals surface area contributed by atoms with Gasteiger partial charge in [-0.15, -0.1) is 4.68 Å². The van der Waals surface area contributed by atoms with Gasteiger partial charge in [0.2, 0.25) is 10.0 Å². The van der Waals surface area contributed by atoms with Crippen molar-refractivity contribution in [2.75, 3.05) is 54.9 Å². The third-order valence-corrected chi connectivity index (χ3v) is 10.6. The van der Waals surface area contributed by atoms with Gasteiger partial charge in [0.25, 0.3) is 5.91 Å². The van der Waals surface area contributed by atoms with E-state index in [2.05, 4.69) is 20.4 Å². The van der Waals surface area contributed by atoms with Gasteiger partial charge in [-0.2, -0.15) is 0 Å². The summed E-state index contributed by atoms with van der Waals surface area (Å²) in [6.45, 7) is 4.28. The maximum Gasteiger partial charge on any atom is 0.407 e. The largest absolute Gasteiger partial charge is 0.455 e. The van der Waals surface area contributed by atoms with E-state index in [1.165, 1.54) is 0 Å². The Labute approximate surface area is 306 Å². The van der Waals surface area contributed by atoms with Gasteiger partial charge in [-0.3, -0.25) is 18.8 Å². The van der Waals surface area contributed by atoms with Crippen LogP contribution in [0.3, 0.4) is 0 Å². The number of nitrogens with zero attached hydrogens (tertiary/aromatic N) is 6. The fourth-order valence-corrected chi connectivity index (χ4v) is 7.65. The molecule has 0 radical (unpaired) electrons. The van der Waals surface area contributed by atoms with Crippen LogP contribution in [0.25, 0.3) is 39.1 Å². The minimum absolute atomic E-state index is 0.148. The van der Waals surface area contributed by atoms with Crippen molar-refractivity contribution < 1.29 is 31.5 Å². The average molecular weight is 737 g/mol. The van der Waals surface area contributed by atoms with Crippen LogP contribution in [-0.2, 0) is 10.0 Å². The van der Waals surface area contributed by atoms with Crippen LogP contribution in [0.1, 0.15) is 39.6 Å². The molecule has 1 N–H and O–H groups in total. The number of benzene rings is 4. The number of aryl methyl sites for hydroxylation is 1. The smallest absolute Gasteiger partial charge is 0.407 e. The number of carbonyl (C=O) groups is 2. The predicted molar refractivity (Wildman–Crippen MR) is 201 cm³/mol. The first-order chi connectivity index (χ1) is 25.6. The monoisotopic (exact) mass is 736 g/mol. The molecule has 7 rings (SSSR count). The van der Waals surface area contributed by atoms with E-state index < -0.39 is 23.2 Å². The molecule has 0 bridgehead atoms. The van der Waals surface area contributed by atoms with Crippen LogP contribution in [0, 0.1) is 6.92 Å². The van der Waals surface area contributed by atoms with Gasteiger partial charge in [0.05, 0.1) is 42.2 Å². The number of halogens is 1. The summed E-state index contributed by atoms with van der Waals surface area (Å²) in [5, 5.41) is 11.7. The van der Waals surface area contributed by atoms with Crippen molar-refractivity contribution in [3.05, 3.63) is 108 Å². The lowest BCUT2D eigenvalue weighted by Crippen LogP contribution is -2.52. The molecule has 3 heterocycles. The Kier molecular flexibility index (Phi) is 9.80. The Bertz CT molecular complexity index is 2400. The minimum Gasteiger partial charge on any atom is -0.455 e. The number of fused-ring (bicyclic) bond motifs is 1. The highest BCUT2D eigenvalue weighted by Gasteiger charge is 2.31. The van der Waals surface area contributed by atoms with Crippen LogP contribution in [0.5, 0.6) is 0 Å². The maximum absolute atomic E-state index is 14.0. The lowest BCUT2D eigenvalue weighted by atomic mass is 9.95. The van der Waals surface area contributed by atoms with Crippen LogP contribution in [0.15, 0.2) is 95.4 Å². The zero-order valence-corrected chi connectivity index (χ0v) is 30.4. The molecule has 272 valence electrons. The van der Waals surface area contributed by atoms with Gasteiger partial charge in [-0.25, -0.2) is 12.8 Å². The van der Waals surface area contributed by atoms with Gasteiger partial charge < -0.3 is 9.32 Å². The highest BCUT2D eigenvalue weighted by atomic mass is 32.2. The van der Waals surface area contributed by atoms with Crippen molar-refractivity contribution in [2.24, 2.45) is 0 Å². The highest BCUT2D eigenvalue weighted by molar-refractivity contribution is 7.92. The first kappa shape index (κ1) is 35.5. The number of para-hydroxylation sites is 1. The second-order valence-electron chi connectivity index (χ2n) is 13.0. The molecule has 6 aromatic rings. The molecule has 0 aliphatic carbocycles. The number of H-pyrrole nitrogens is 1. The number of anilines is 2. The number of hydrogen-bond donors (Lipinski definition) is 1. The topological polar surface area (TPSA) is 137 Å². The number of sulfonamides is 1. The molecule has 1 saturated heterocycles. The van der Waals surface area contributed by atoms with Gasteiger partial charge in [0.1, 0.15) is 28.9 Å². The maximum atomic E-state index is 14.0. The van der Waals surface area contributed by atoms with Gasteiger partial charge in [0.15, 0.2) is 5.78 Å². The van der Waals surface area contributed by atoms with E-state index in [-0.39, 0.29) is 29.4 Å². The number of nitrogens with one attached hydrogen (secondary N) is 1. The fourth-order valence-electron chi connectivity index (χ4n) is 6.74. The molecule has 2 aromatic heterocycles. The molecule has 12 nitrogen and oxygen atoms in total. The van der Waals surface area contributed by atoms with Crippen LogP contribution in [0.2, 0.25) is 0 Å². The third kappa shape index (κ3) is 7.01. The van der Waals surface area contributed by atoms with E-state index in [9.17, 15) is 22.4 Å². The summed E-state index contributed by atoms with van der Waals surface area (Å²) < 4.78 is 49.3.